The number of nitriles is 1. The zero-order valence-corrected chi connectivity index (χ0v) is 22.6. The first-order valence-corrected chi connectivity index (χ1v) is 13.8. The van der Waals surface area contributed by atoms with E-state index in [9.17, 15) is 10.4 Å². The van der Waals surface area contributed by atoms with Gasteiger partial charge >= 0.3 is 0 Å². The van der Waals surface area contributed by atoms with E-state index in [1.54, 1.807) is 24.1 Å². The molecule has 0 amide bonds. The summed E-state index contributed by atoms with van der Waals surface area (Å²) in [5, 5.41) is 22.8. The molecular weight excluding hydrogens is 486 g/mol. The van der Waals surface area contributed by atoms with Crippen molar-refractivity contribution in [3.8, 4) is 34.7 Å². The number of aliphatic hydroxyl groups excluding tert-OH is 1. The summed E-state index contributed by atoms with van der Waals surface area (Å²) in [5.74, 6) is 2.67. The number of aryl methyl sites for hydroxylation is 1. The predicted molar refractivity (Wildman–Crippen MR) is 146 cm³/mol. The summed E-state index contributed by atoms with van der Waals surface area (Å²) in [6.45, 7) is 6.87. The summed E-state index contributed by atoms with van der Waals surface area (Å²) < 4.78 is 14.2. The van der Waals surface area contributed by atoms with Crippen molar-refractivity contribution < 1.29 is 14.4 Å². The van der Waals surface area contributed by atoms with Gasteiger partial charge in [0.2, 0.25) is 5.82 Å². The van der Waals surface area contributed by atoms with Crippen molar-refractivity contribution >= 4 is 11.9 Å². The summed E-state index contributed by atoms with van der Waals surface area (Å²) in [6.07, 6.45) is 4.20. The number of nitrogens with one attached hydrogen (secondary N) is 1. The second kappa shape index (κ2) is 13.1. The number of likely N-dealkylation sites (tertiary alicyclic amines) is 1. The maximum Gasteiger partial charge on any atom is 0.258 e. The molecule has 196 valence electrons. The molecule has 0 radical (unpaired) electrons. The number of rotatable bonds is 8. The van der Waals surface area contributed by atoms with Crippen LogP contribution in [0.5, 0.6) is 5.75 Å². The van der Waals surface area contributed by atoms with Crippen molar-refractivity contribution in [2.75, 3.05) is 32.4 Å². The van der Waals surface area contributed by atoms with Crippen LogP contribution in [0.2, 0.25) is 0 Å². The van der Waals surface area contributed by atoms with E-state index in [0.29, 0.717) is 28.6 Å². The van der Waals surface area contributed by atoms with Gasteiger partial charge in [-0.05, 0) is 75.9 Å². The van der Waals surface area contributed by atoms with E-state index >= 15 is 0 Å². The predicted octanol–water partition coefficient (Wildman–Crippen LogP) is 4.47. The van der Waals surface area contributed by atoms with Crippen molar-refractivity contribution in [2.45, 2.75) is 51.7 Å². The van der Waals surface area contributed by atoms with E-state index in [1.807, 2.05) is 39.1 Å². The van der Waals surface area contributed by atoms with Gasteiger partial charge in [0.1, 0.15) is 11.8 Å². The highest BCUT2D eigenvalue weighted by molar-refractivity contribution is 7.97. The lowest BCUT2D eigenvalue weighted by molar-refractivity contribution is 0.178. The van der Waals surface area contributed by atoms with E-state index in [1.165, 1.54) is 17.5 Å². The average molecular weight is 522 g/mol. The highest BCUT2D eigenvalue weighted by atomic mass is 32.2. The number of aromatic nitrogens is 2. The van der Waals surface area contributed by atoms with Crippen LogP contribution in [0.15, 0.2) is 40.9 Å². The summed E-state index contributed by atoms with van der Waals surface area (Å²) in [4.78, 5) is 6.87. The van der Waals surface area contributed by atoms with E-state index in [2.05, 4.69) is 31.9 Å². The molecule has 1 fully saturated rings. The first kappa shape index (κ1) is 27.1. The molecule has 1 atom stereocenters. The Labute approximate surface area is 223 Å². The fourth-order valence-electron chi connectivity index (χ4n) is 4.68. The Morgan fingerprint density at radius 2 is 2.16 bits per heavy atom. The van der Waals surface area contributed by atoms with Gasteiger partial charge in [0.15, 0.2) is 0 Å². The molecule has 1 unspecified atom stereocenters. The van der Waals surface area contributed by atoms with E-state index in [0.717, 1.165) is 50.2 Å². The Bertz CT molecular complexity index is 1220. The largest absolute Gasteiger partial charge is 0.490 e. The molecule has 0 saturated carbocycles. The minimum Gasteiger partial charge on any atom is -0.490 e. The van der Waals surface area contributed by atoms with Crippen LogP contribution in [-0.2, 0) is 12.8 Å². The maximum absolute atomic E-state index is 9.40. The van der Waals surface area contributed by atoms with Crippen LogP contribution in [0.3, 0.4) is 0 Å². The molecule has 8 nitrogen and oxygen atoms in total. The lowest BCUT2D eigenvalue weighted by Gasteiger charge is -2.13. The minimum atomic E-state index is -0.0745. The standard InChI is InChI=1S/C21H19N3O2.C7H16N2OS/c1-13(2)25-19-10-9-15(11-16(19)12-22)21-23-20(24-26-21)18-8-4-6-14-5-3-7-17(14)18;1-8-11-5-4-9-3-2-7(10)6-9/h4,6,8-11,13H,3,5,7H2,1-2H3;7-8,10H,2-6H2,1H3. The second-order valence-corrected chi connectivity index (χ2v) is 10.6. The van der Waals surface area contributed by atoms with Crippen LogP contribution >= 0.6 is 11.9 Å². The normalized spacial score (nSPS) is 16.8. The summed E-state index contributed by atoms with van der Waals surface area (Å²) in [6, 6.07) is 13.8. The Hall–Kier alpha value is -2.90. The number of hydrogen-bond donors (Lipinski definition) is 2. The summed E-state index contributed by atoms with van der Waals surface area (Å²) >= 11 is 1.72. The Morgan fingerprint density at radius 1 is 1.30 bits per heavy atom. The smallest absolute Gasteiger partial charge is 0.258 e. The SMILES string of the molecule is CC(C)Oc1ccc(-c2nc(-c3cccc4c3CCC4)no2)cc1C#N.CNSCCN1CCC(O)C1. The van der Waals surface area contributed by atoms with Gasteiger partial charge in [-0.1, -0.05) is 35.3 Å². The molecule has 1 aliphatic carbocycles. The molecule has 1 aliphatic heterocycles. The molecule has 2 heterocycles. The molecule has 2 N–H and O–H groups in total. The number of nitrogens with zero attached hydrogens (tertiary/aromatic N) is 4. The third-order valence-corrected chi connectivity index (χ3v) is 7.10. The first-order chi connectivity index (χ1) is 18.0. The van der Waals surface area contributed by atoms with Crippen LogP contribution in [0.25, 0.3) is 22.8 Å². The fraction of sp³-hybridized carbons (Fsp3) is 0.464. The van der Waals surface area contributed by atoms with Crippen molar-refractivity contribution in [2.24, 2.45) is 0 Å². The molecular formula is C28H35N5O3S. The topological polar surface area (TPSA) is 107 Å². The van der Waals surface area contributed by atoms with Gasteiger partial charge in [-0.2, -0.15) is 10.2 Å². The Morgan fingerprint density at radius 3 is 2.89 bits per heavy atom. The van der Waals surface area contributed by atoms with Crippen LogP contribution < -0.4 is 9.46 Å². The van der Waals surface area contributed by atoms with Crippen LogP contribution in [0.1, 0.15) is 43.4 Å². The zero-order chi connectivity index (χ0) is 26.2. The number of β-amino-alcohol motifs (C(OH)–C–C–N with tert-alkyl or cyclic N) is 1. The number of aliphatic hydroxyl groups is 1. The average Bonchev–Trinajstić information content (AvgIpc) is 3.65. The Balaban J connectivity index is 0.000000245. The molecule has 2 aliphatic rings. The second-order valence-electron chi connectivity index (χ2n) is 9.50. The number of hydrogen-bond acceptors (Lipinski definition) is 9. The molecule has 37 heavy (non-hydrogen) atoms. The number of benzene rings is 2. The third-order valence-electron chi connectivity index (χ3n) is 6.42. The van der Waals surface area contributed by atoms with E-state index in [-0.39, 0.29) is 12.2 Å². The molecule has 3 aromatic rings. The van der Waals surface area contributed by atoms with Gasteiger partial charge in [-0.15, -0.1) is 0 Å². The van der Waals surface area contributed by atoms with E-state index < -0.39 is 0 Å². The van der Waals surface area contributed by atoms with Crippen molar-refractivity contribution in [3.63, 3.8) is 0 Å². The number of ether oxygens (including phenoxy) is 1. The lowest BCUT2D eigenvalue weighted by atomic mass is 10.0. The van der Waals surface area contributed by atoms with Gasteiger partial charge in [0, 0.05) is 36.5 Å². The summed E-state index contributed by atoms with van der Waals surface area (Å²) in [5.41, 5.74) is 4.89. The zero-order valence-electron chi connectivity index (χ0n) is 21.7. The number of fused-ring (bicyclic) bond motifs is 1. The van der Waals surface area contributed by atoms with Gasteiger partial charge in [-0.3, -0.25) is 9.62 Å². The fourth-order valence-corrected chi connectivity index (χ4v) is 5.23. The third kappa shape index (κ3) is 7.11. The van der Waals surface area contributed by atoms with Crippen molar-refractivity contribution in [1.29, 1.82) is 5.26 Å². The molecule has 1 saturated heterocycles. The molecule has 0 spiro atoms. The molecule has 1 aromatic heterocycles. The molecule has 9 heteroatoms. The first-order valence-electron chi connectivity index (χ1n) is 12.8. The monoisotopic (exact) mass is 521 g/mol. The minimum absolute atomic E-state index is 0.00290. The van der Waals surface area contributed by atoms with Crippen LogP contribution in [0.4, 0.5) is 0 Å². The van der Waals surface area contributed by atoms with Gasteiger partial charge in [0.05, 0.1) is 17.8 Å². The molecule has 0 bridgehead atoms. The van der Waals surface area contributed by atoms with Gasteiger partial charge in [0.25, 0.3) is 5.89 Å². The quantitative estimate of drug-likeness (QED) is 0.328. The molecule has 2 aromatic carbocycles. The molecule has 5 rings (SSSR count). The van der Waals surface area contributed by atoms with Crippen molar-refractivity contribution in [3.05, 3.63) is 53.1 Å². The maximum atomic E-state index is 9.40. The van der Waals surface area contributed by atoms with Crippen LogP contribution in [-0.4, -0.2) is 64.8 Å². The van der Waals surface area contributed by atoms with Gasteiger partial charge in [-0.25, -0.2) is 0 Å². The Kier molecular flexibility index (Phi) is 9.58. The van der Waals surface area contributed by atoms with Crippen LogP contribution in [0, 0.1) is 11.3 Å². The van der Waals surface area contributed by atoms with Crippen molar-refractivity contribution in [1.82, 2.24) is 19.8 Å². The van der Waals surface area contributed by atoms with E-state index in [4.69, 9.17) is 9.26 Å². The summed E-state index contributed by atoms with van der Waals surface area (Å²) in [7, 11) is 1.93. The lowest BCUT2D eigenvalue weighted by Crippen LogP contribution is -2.25. The van der Waals surface area contributed by atoms with Gasteiger partial charge < -0.3 is 14.4 Å². The highest BCUT2D eigenvalue weighted by Crippen LogP contribution is 2.33. The highest BCUT2D eigenvalue weighted by Gasteiger charge is 2.20.